The Morgan fingerprint density at radius 1 is 1.13 bits per heavy atom. The van der Waals surface area contributed by atoms with Crippen LogP contribution in [0.2, 0.25) is 0 Å². The number of aliphatic carboxylic acids is 1. The number of carbonyl (C=O) groups is 1. The highest BCUT2D eigenvalue weighted by Gasteiger charge is 2.18. The molecule has 1 unspecified atom stereocenters. The Labute approximate surface area is 187 Å². The molecule has 0 heterocycles. The maximum Gasteiger partial charge on any atom is 0.341 e. The van der Waals surface area contributed by atoms with Gasteiger partial charge in [0.1, 0.15) is 5.75 Å². The second-order valence-electron chi connectivity index (χ2n) is 8.78. The maximum atomic E-state index is 12.3. The third kappa shape index (κ3) is 13.7. The molecule has 0 aliphatic heterocycles. The number of carboxylic acids is 1. The molecule has 31 heavy (non-hydrogen) atoms. The third-order valence-electron chi connectivity index (χ3n) is 4.49. The van der Waals surface area contributed by atoms with Crippen molar-refractivity contribution in [2.24, 2.45) is 10.3 Å². The zero-order valence-corrected chi connectivity index (χ0v) is 20.0. The van der Waals surface area contributed by atoms with Crippen LogP contribution in [0, 0.1) is 5.92 Å². The van der Waals surface area contributed by atoms with Crippen LogP contribution in [0.1, 0.15) is 51.9 Å². The SMILES string of the molecule is CCCCCCCCOc1ccc(NS(=O)(=O)/N=C/C(CC(=O)[O-])C[N+](C)(C)C)cc1. The molecular formula is C22H37N3O5S. The molecule has 0 spiro atoms. The minimum absolute atomic E-state index is 0.292. The van der Waals surface area contributed by atoms with E-state index in [4.69, 9.17) is 4.74 Å². The van der Waals surface area contributed by atoms with E-state index in [2.05, 4.69) is 16.0 Å². The third-order valence-corrected chi connectivity index (χ3v) is 5.38. The maximum absolute atomic E-state index is 12.3. The fourth-order valence-electron chi connectivity index (χ4n) is 3.12. The quantitative estimate of drug-likeness (QED) is 0.234. The lowest BCUT2D eigenvalue weighted by molar-refractivity contribution is -0.872. The van der Waals surface area contributed by atoms with Crippen LogP contribution in [0.4, 0.5) is 5.69 Å². The molecule has 0 saturated heterocycles. The van der Waals surface area contributed by atoms with Crippen molar-refractivity contribution in [2.75, 3.05) is 39.0 Å². The topological polar surface area (TPSA) is 108 Å². The molecule has 0 aromatic heterocycles. The van der Waals surface area contributed by atoms with Crippen LogP contribution in [-0.2, 0) is 15.0 Å². The van der Waals surface area contributed by atoms with Crippen molar-refractivity contribution < 1.29 is 27.5 Å². The standard InChI is InChI=1S/C22H37N3O5S/c1-5-6-7-8-9-10-15-30-21-13-11-20(12-14-21)24-31(28,29)23-17-19(16-22(26)27)18-25(2,3)4/h11-14,17,19,24H,5-10,15-16,18H2,1-4H3/b23-17+. The van der Waals surface area contributed by atoms with Crippen LogP contribution in [0.3, 0.4) is 0 Å². The second-order valence-corrected chi connectivity index (χ2v) is 10.1. The number of nitrogens with zero attached hydrogens (tertiary/aromatic N) is 2. The lowest BCUT2D eigenvalue weighted by atomic mass is 10.1. The molecule has 1 aromatic rings. The van der Waals surface area contributed by atoms with Crippen molar-refractivity contribution in [2.45, 2.75) is 51.9 Å². The number of anilines is 1. The lowest BCUT2D eigenvalue weighted by Gasteiger charge is -2.27. The summed E-state index contributed by atoms with van der Waals surface area (Å²) in [5.41, 5.74) is 0.354. The smallest absolute Gasteiger partial charge is 0.341 e. The molecule has 0 amide bonds. The highest BCUT2D eigenvalue weighted by atomic mass is 32.2. The number of hydrogen-bond donors (Lipinski definition) is 1. The van der Waals surface area contributed by atoms with Gasteiger partial charge in [-0.25, -0.2) is 0 Å². The van der Waals surface area contributed by atoms with Gasteiger partial charge in [-0.15, -0.1) is 0 Å². The van der Waals surface area contributed by atoms with Gasteiger partial charge in [0.2, 0.25) is 0 Å². The molecule has 0 radical (unpaired) electrons. The molecule has 1 atom stereocenters. The molecule has 9 heteroatoms. The first-order valence-electron chi connectivity index (χ1n) is 10.8. The first-order valence-corrected chi connectivity index (χ1v) is 12.3. The van der Waals surface area contributed by atoms with Gasteiger partial charge in [0.25, 0.3) is 0 Å². The molecule has 0 bridgehead atoms. The van der Waals surface area contributed by atoms with Crippen LogP contribution in [-0.4, -0.2) is 59.4 Å². The summed E-state index contributed by atoms with van der Waals surface area (Å²) in [6, 6.07) is 6.62. The number of unbranched alkanes of at least 4 members (excludes halogenated alkanes) is 5. The summed E-state index contributed by atoms with van der Waals surface area (Å²) in [5.74, 6) is -1.12. The van der Waals surface area contributed by atoms with Gasteiger partial charge in [-0.3, -0.25) is 4.72 Å². The number of hydrogen-bond acceptors (Lipinski definition) is 5. The normalized spacial score (nSPS) is 13.3. The number of nitrogens with one attached hydrogen (secondary N) is 1. The Bertz CT molecular complexity index is 786. The summed E-state index contributed by atoms with van der Waals surface area (Å²) in [6.07, 6.45) is 7.99. The van der Waals surface area contributed by atoms with Crippen LogP contribution >= 0.6 is 0 Å². The van der Waals surface area contributed by atoms with E-state index in [1.165, 1.54) is 31.9 Å². The van der Waals surface area contributed by atoms with Crippen molar-refractivity contribution in [3.8, 4) is 5.75 Å². The van der Waals surface area contributed by atoms with Crippen molar-refractivity contribution in [3.63, 3.8) is 0 Å². The Balaban J connectivity index is 2.56. The number of carbonyl (C=O) groups excluding carboxylic acids is 1. The molecule has 1 aromatic carbocycles. The molecule has 0 aliphatic carbocycles. The molecule has 176 valence electrons. The summed E-state index contributed by atoms with van der Waals surface area (Å²) in [6.45, 7) is 3.24. The highest BCUT2D eigenvalue weighted by Crippen LogP contribution is 2.18. The van der Waals surface area contributed by atoms with E-state index < -0.39 is 22.1 Å². The molecule has 0 fully saturated rings. The molecular weight excluding hydrogens is 418 g/mol. The van der Waals surface area contributed by atoms with Crippen molar-refractivity contribution in [3.05, 3.63) is 24.3 Å². The number of carboxylic acid groups (broad SMARTS) is 1. The molecule has 0 aliphatic rings. The van der Waals surface area contributed by atoms with Gasteiger partial charge in [0.15, 0.2) is 0 Å². The number of rotatable bonds is 16. The number of quaternary nitrogens is 1. The summed E-state index contributed by atoms with van der Waals surface area (Å²) in [5, 5.41) is 10.9. The molecule has 0 saturated carbocycles. The second kappa shape index (κ2) is 13.3. The van der Waals surface area contributed by atoms with Gasteiger partial charge in [0.05, 0.1) is 40.0 Å². The van der Waals surface area contributed by atoms with Crippen LogP contribution in [0.15, 0.2) is 28.7 Å². The van der Waals surface area contributed by atoms with E-state index in [1.54, 1.807) is 24.3 Å². The fraction of sp³-hybridized carbons (Fsp3) is 0.636. The Hall–Kier alpha value is -2.13. The Kier molecular flexibility index (Phi) is 11.6. The van der Waals surface area contributed by atoms with Crippen molar-refractivity contribution in [1.29, 1.82) is 0 Å². The molecule has 1 rings (SSSR count). The van der Waals surface area contributed by atoms with Crippen molar-refractivity contribution >= 4 is 28.1 Å². The van der Waals surface area contributed by atoms with E-state index in [-0.39, 0.29) is 6.42 Å². The van der Waals surface area contributed by atoms with Gasteiger partial charge in [0, 0.05) is 24.5 Å². The van der Waals surface area contributed by atoms with Gasteiger partial charge in [-0.2, -0.15) is 12.8 Å². The van der Waals surface area contributed by atoms with Crippen LogP contribution < -0.4 is 14.6 Å². The van der Waals surface area contributed by atoms with Gasteiger partial charge in [-0.1, -0.05) is 39.0 Å². The van der Waals surface area contributed by atoms with E-state index in [1.807, 2.05) is 21.1 Å². The minimum Gasteiger partial charge on any atom is -0.550 e. The van der Waals surface area contributed by atoms with E-state index in [0.717, 1.165) is 12.8 Å². The van der Waals surface area contributed by atoms with Gasteiger partial charge < -0.3 is 19.1 Å². The average Bonchev–Trinajstić information content (AvgIpc) is 2.65. The first-order chi connectivity index (χ1) is 14.5. The summed E-state index contributed by atoms with van der Waals surface area (Å²) in [4.78, 5) is 10.9. The van der Waals surface area contributed by atoms with Gasteiger partial charge in [-0.05, 0) is 30.7 Å². The fourth-order valence-corrected chi connectivity index (χ4v) is 3.93. The largest absolute Gasteiger partial charge is 0.550 e. The lowest BCUT2D eigenvalue weighted by Crippen LogP contribution is -2.41. The predicted octanol–water partition coefficient (Wildman–Crippen LogP) is 2.62. The summed E-state index contributed by atoms with van der Waals surface area (Å²) >= 11 is 0. The monoisotopic (exact) mass is 455 g/mol. The van der Waals surface area contributed by atoms with Crippen LogP contribution in [0.25, 0.3) is 0 Å². The highest BCUT2D eigenvalue weighted by molar-refractivity contribution is 7.91. The van der Waals surface area contributed by atoms with Crippen LogP contribution in [0.5, 0.6) is 5.75 Å². The van der Waals surface area contributed by atoms with E-state index in [9.17, 15) is 18.3 Å². The number of benzene rings is 1. The Morgan fingerprint density at radius 3 is 2.32 bits per heavy atom. The minimum atomic E-state index is -4.01. The number of ether oxygens (including phenoxy) is 1. The summed E-state index contributed by atoms with van der Waals surface area (Å²) in [7, 11) is 1.66. The van der Waals surface area contributed by atoms with E-state index in [0.29, 0.717) is 29.1 Å². The molecule has 1 N–H and O–H groups in total. The van der Waals surface area contributed by atoms with E-state index >= 15 is 0 Å². The first kappa shape index (κ1) is 26.9. The van der Waals surface area contributed by atoms with Crippen molar-refractivity contribution in [1.82, 2.24) is 0 Å². The molecule has 8 nitrogen and oxygen atoms in total. The van der Waals surface area contributed by atoms with Gasteiger partial charge >= 0.3 is 10.2 Å². The average molecular weight is 456 g/mol. The summed E-state index contributed by atoms with van der Waals surface area (Å²) < 4.78 is 36.6. The zero-order valence-electron chi connectivity index (χ0n) is 19.2. The zero-order chi connectivity index (χ0) is 23.3. The predicted molar refractivity (Wildman–Crippen MR) is 122 cm³/mol. The Morgan fingerprint density at radius 2 is 1.74 bits per heavy atom.